The quantitative estimate of drug-likeness (QED) is 0.277. The van der Waals surface area contributed by atoms with Crippen molar-refractivity contribution in [1.82, 2.24) is 15.3 Å². The highest BCUT2D eigenvalue weighted by molar-refractivity contribution is 6.31. The summed E-state index contributed by atoms with van der Waals surface area (Å²) in [6.07, 6.45) is 0.651. The zero-order valence-corrected chi connectivity index (χ0v) is 18.8. The molecule has 0 fully saturated rings. The Morgan fingerprint density at radius 3 is 2.67 bits per heavy atom. The van der Waals surface area contributed by atoms with Crippen LogP contribution in [0.3, 0.4) is 0 Å². The van der Waals surface area contributed by atoms with Crippen LogP contribution >= 0.6 is 11.6 Å². The topological polar surface area (TPSA) is 129 Å². The fraction of sp³-hybridized carbons (Fsp3) is 0.286. The Morgan fingerprint density at radius 1 is 1.24 bits per heavy atom. The Bertz CT molecular complexity index is 1200. The normalized spacial score (nSPS) is 11.2. The maximum absolute atomic E-state index is 13.4. The van der Waals surface area contributed by atoms with Gasteiger partial charge in [-0.1, -0.05) is 11.6 Å². The minimum absolute atomic E-state index is 0.0204. The Balaban J connectivity index is 1.79. The average molecular weight is 478 g/mol. The van der Waals surface area contributed by atoms with Crippen molar-refractivity contribution in [2.75, 3.05) is 18.5 Å². The predicted molar refractivity (Wildman–Crippen MR) is 121 cm³/mol. The van der Waals surface area contributed by atoms with E-state index >= 15 is 0 Å². The molecule has 3 rings (SSSR count). The maximum Gasteiger partial charge on any atom is 0.407 e. The number of benzene rings is 2. The molecule has 33 heavy (non-hydrogen) atoms. The van der Waals surface area contributed by atoms with Crippen LogP contribution in [0.4, 0.5) is 26.4 Å². The molecule has 0 bridgehead atoms. The van der Waals surface area contributed by atoms with Gasteiger partial charge >= 0.3 is 11.8 Å². The van der Waals surface area contributed by atoms with Crippen molar-refractivity contribution in [1.29, 1.82) is 0 Å². The molecule has 2 N–H and O–H groups in total. The molecule has 0 saturated carbocycles. The number of nitrogens with one attached hydrogen (secondary N) is 2. The zero-order valence-electron chi connectivity index (χ0n) is 18.0. The number of fused-ring (bicyclic) bond motifs is 1. The van der Waals surface area contributed by atoms with Gasteiger partial charge in [-0.3, -0.25) is 10.1 Å². The van der Waals surface area contributed by atoms with Gasteiger partial charge in [-0.15, -0.1) is 0 Å². The predicted octanol–water partition coefficient (Wildman–Crippen LogP) is 4.98. The molecule has 0 aliphatic heterocycles. The molecule has 0 spiro atoms. The summed E-state index contributed by atoms with van der Waals surface area (Å²) in [6.45, 7) is 5.24. The lowest BCUT2D eigenvalue weighted by Gasteiger charge is -2.19. The molecule has 12 heteroatoms. The Kier molecular flexibility index (Phi) is 7.12. The molecular formula is C21H21ClFN5O5. The summed E-state index contributed by atoms with van der Waals surface area (Å²) in [6, 6.07) is 6.70. The number of hydrogen-bond donors (Lipinski definition) is 2. The van der Waals surface area contributed by atoms with Crippen LogP contribution in [0.5, 0.6) is 5.75 Å². The number of nitrogens with zero attached hydrogens (tertiary/aromatic N) is 3. The fourth-order valence-electron chi connectivity index (χ4n) is 2.77. The van der Waals surface area contributed by atoms with Crippen LogP contribution < -0.4 is 15.4 Å². The highest BCUT2D eigenvalue weighted by Gasteiger charge is 2.20. The van der Waals surface area contributed by atoms with Crippen molar-refractivity contribution in [3.05, 3.63) is 57.6 Å². The minimum atomic E-state index is -0.646. The maximum atomic E-state index is 13.4. The van der Waals surface area contributed by atoms with Crippen LogP contribution in [0.1, 0.15) is 20.8 Å². The van der Waals surface area contributed by atoms with E-state index < -0.39 is 22.4 Å². The number of alkyl carbamates (subject to hydrolysis) is 1. The molecule has 1 heterocycles. The van der Waals surface area contributed by atoms with Crippen molar-refractivity contribution in [2.45, 2.75) is 26.4 Å². The average Bonchev–Trinajstić information content (AvgIpc) is 2.72. The summed E-state index contributed by atoms with van der Waals surface area (Å²) in [5.74, 6) is -0.328. The fourth-order valence-corrected chi connectivity index (χ4v) is 2.95. The number of halogens is 2. The molecule has 0 atom stereocenters. The van der Waals surface area contributed by atoms with E-state index in [1.165, 1.54) is 36.7 Å². The molecule has 0 aliphatic rings. The third-order valence-corrected chi connectivity index (χ3v) is 4.41. The van der Waals surface area contributed by atoms with Gasteiger partial charge in [0.15, 0.2) is 5.75 Å². The van der Waals surface area contributed by atoms with Gasteiger partial charge in [-0.25, -0.2) is 19.2 Å². The number of nitro groups is 1. The number of hydrogen-bond acceptors (Lipinski definition) is 8. The summed E-state index contributed by atoms with van der Waals surface area (Å²) in [5, 5.41) is 17.4. The molecule has 174 valence electrons. The van der Waals surface area contributed by atoms with Gasteiger partial charge in [0.05, 0.1) is 27.4 Å². The van der Waals surface area contributed by atoms with Crippen molar-refractivity contribution in [3.8, 4) is 5.75 Å². The first-order chi connectivity index (χ1) is 15.5. The summed E-state index contributed by atoms with van der Waals surface area (Å²) in [4.78, 5) is 31.0. The second-order valence-corrected chi connectivity index (χ2v) is 8.25. The van der Waals surface area contributed by atoms with Crippen molar-refractivity contribution < 1.29 is 23.6 Å². The molecule has 3 aromatic rings. The van der Waals surface area contributed by atoms with E-state index in [1.807, 2.05) is 0 Å². The Hall–Kier alpha value is -3.73. The van der Waals surface area contributed by atoms with E-state index in [4.69, 9.17) is 21.1 Å². The Labute approximate surface area is 193 Å². The van der Waals surface area contributed by atoms with E-state index in [1.54, 1.807) is 20.8 Å². The molecule has 0 aliphatic carbocycles. The molecular weight excluding hydrogens is 457 g/mol. The highest BCUT2D eigenvalue weighted by atomic mass is 35.5. The monoisotopic (exact) mass is 477 g/mol. The third-order valence-electron chi connectivity index (χ3n) is 4.12. The van der Waals surface area contributed by atoms with Crippen LogP contribution in [0.15, 0.2) is 36.7 Å². The van der Waals surface area contributed by atoms with Crippen LogP contribution in [0.2, 0.25) is 5.02 Å². The number of rotatable bonds is 7. The van der Waals surface area contributed by atoms with Gasteiger partial charge in [-0.2, -0.15) is 0 Å². The summed E-state index contributed by atoms with van der Waals surface area (Å²) < 4.78 is 24.1. The lowest BCUT2D eigenvalue weighted by molar-refractivity contribution is -0.385. The molecule has 10 nitrogen and oxygen atoms in total. The van der Waals surface area contributed by atoms with Gasteiger partial charge in [0.2, 0.25) is 0 Å². The first kappa shape index (κ1) is 23.9. The van der Waals surface area contributed by atoms with Gasteiger partial charge in [0.1, 0.15) is 30.2 Å². The summed E-state index contributed by atoms with van der Waals surface area (Å²) in [5.41, 5.74) is -0.138. The summed E-state index contributed by atoms with van der Waals surface area (Å²) >= 11 is 5.81. The number of amides is 1. The van der Waals surface area contributed by atoms with Gasteiger partial charge in [0, 0.05) is 17.8 Å². The van der Waals surface area contributed by atoms with E-state index in [2.05, 4.69) is 20.6 Å². The SMILES string of the molecule is CC(C)(C)OC(=O)NCCOc1cc2ncnc(Nc3ccc(F)c(Cl)c3)c2cc1[N+](=O)[O-]. The van der Waals surface area contributed by atoms with Crippen molar-refractivity contribution >= 4 is 45.8 Å². The number of carbonyl (C=O) groups excluding carboxylic acids is 1. The van der Waals surface area contributed by atoms with Gasteiger partial charge < -0.3 is 20.1 Å². The van der Waals surface area contributed by atoms with Gasteiger partial charge in [-0.05, 0) is 39.0 Å². The van der Waals surface area contributed by atoms with E-state index in [0.29, 0.717) is 16.6 Å². The van der Waals surface area contributed by atoms with Crippen molar-refractivity contribution in [3.63, 3.8) is 0 Å². The molecule has 1 aromatic heterocycles. The number of anilines is 2. The van der Waals surface area contributed by atoms with Crippen LogP contribution in [-0.2, 0) is 4.74 Å². The van der Waals surface area contributed by atoms with E-state index in [0.717, 1.165) is 0 Å². The summed E-state index contributed by atoms with van der Waals surface area (Å²) in [7, 11) is 0. The first-order valence-corrected chi connectivity index (χ1v) is 10.2. The van der Waals surface area contributed by atoms with E-state index in [9.17, 15) is 19.3 Å². The van der Waals surface area contributed by atoms with Crippen LogP contribution in [-0.4, -0.2) is 39.7 Å². The molecule has 0 saturated heterocycles. The first-order valence-electron chi connectivity index (χ1n) is 9.78. The number of carbonyl (C=O) groups is 1. The second-order valence-electron chi connectivity index (χ2n) is 7.85. The molecule has 0 radical (unpaired) electrons. The number of aromatic nitrogens is 2. The van der Waals surface area contributed by atoms with Crippen molar-refractivity contribution in [2.24, 2.45) is 0 Å². The number of nitro benzene ring substituents is 1. The zero-order chi connectivity index (χ0) is 24.2. The molecule has 1 amide bonds. The standard InChI is InChI=1S/C21H21ClFN5O5/c1-21(2,3)33-20(29)24-6-7-32-18-10-16-13(9-17(18)28(30)31)19(26-11-25-16)27-12-4-5-15(23)14(22)8-12/h4-5,8-11H,6-7H2,1-3H3,(H,24,29)(H,25,26,27). The smallest absolute Gasteiger partial charge is 0.407 e. The number of ether oxygens (including phenoxy) is 2. The van der Waals surface area contributed by atoms with Crippen LogP contribution in [0, 0.1) is 15.9 Å². The highest BCUT2D eigenvalue weighted by Crippen LogP contribution is 2.34. The van der Waals surface area contributed by atoms with E-state index in [-0.39, 0.29) is 35.4 Å². The Morgan fingerprint density at radius 2 is 2.00 bits per heavy atom. The lowest BCUT2D eigenvalue weighted by Crippen LogP contribution is -2.34. The molecule has 2 aromatic carbocycles. The second kappa shape index (κ2) is 9.82. The lowest BCUT2D eigenvalue weighted by atomic mass is 10.2. The molecule has 0 unspecified atom stereocenters. The van der Waals surface area contributed by atoms with Crippen LogP contribution in [0.25, 0.3) is 10.9 Å². The van der Waals surface area contributed by atoms with Gasteiger partial charge in [0.25, 0.3) is 0 Å². The minimum Gasteiger partial charge on any atom is -0.485 e. The third kappa shape index (κ3) is 6.39. The largest absolute Gasteiger partial charge is 0.485 e.